The lowest BCUT2D eigenvalue weighted by Gasteiger charge is -2.06. The molecule has 4 nitrogen and oxygen atoms in total. The van der Waals surface area contributed by atoms with Gasteiger partial charge in [-0.1, -0.05) is 23.2 Å². The van der Waals surface area contributed by atoms with Crippen LogP contribution in [-0.2, 0) is 0 Å². The standard InChI is InChI=1S/C10H6Cl2FN3O/c11-5-1-6(13)3-7(2-5)16-9-8(12)10(17)15-4-14-9/h1-4H,(H2,14,15,16,17). The van der Waals surface area contributed by atoms with Crippen LogP contribution in [0.1, 0.15) is 0 Å². The van der Waals surface area contributed by atoms with Crippen molar-refractivity contribution in [2.45, 2.75) is 0 Å². The van der Waals surface area contributed by atoms with Gasteiger partial charge in [0, 0.05) is 10.7 Å². The maximum Gasteiger partial charge on any atom is 0.271 e. The third-order valence-corrected chi connectivity index (χ3v) is 2.49. The number of anilines is 2. The van der Waals surface area contributed by atoms with E-state index in [4.69, 9.17) is 23.2 Å². The van der Waals surface area contributed by atoms with Crippen molar-refractivity contribution in [2.24, 2.45) is 0 Å². The number of nitrogens with one attached hydrogen (secondary N) is 2. The molecule has 0 aliphatic heterocycles. The first kappa shape index (κ1) is 11.9. The van der Waals surface area contributed by atoms with Gasteiger partial charge in [0.15, 0.2) is 5.82 Å². The molecule has 1 aromatic heterocycles. The first-order valence-corrected chi connectivity index (χ1v) is 5.28. The Morgan fingerprint density at radius 2 is 2.06 bits per heavy atom. The topological polar surface area (TPSA) is 57.8 Å². The molecule has 0 saturated heterocycles. The molecule has 0 amide bonds. The van der Waals surface area contributed by atoms with E-state index >= 15 is 0 Å². The van der Waals surface area contributed by atoms with Crippen molar-refractivity contribution in [1.29, 1.82) is 0 Å². The molecule has 0 unspecified atom stereocenters. The summed E-state index contributed by atoms with van der Waals surface area (Å²) < 4.78 is 13.1. The van der Waals surface area contributed by atoms with E-state index in [0.29, 0.717) is 5.69 Å². The minimum Gasteiger partial charge on any atom is -0.339 e. The number of H-pyrrole nitrogens is 1. The minimum atomic E-state index is -0.499. The predicted molar refractivity (Wildman–Crippen MR) is 64.6 cm³/mol. The molecule has 0 aliphatic rings. The van der Waals surface area contributed by atoms with Crippen LogP contribution in [-0.4, -0.2) is 9.97 Å². The smallest absolute Gasteiger partial charge is 0.271 e. The first-order valence-electron chi connectivity index (χ1n) is 4.52. The molecular weight excluding hydrogens is 268 g/mol. The van der Waals surface area contributed by atoms with E-state index in [1.165, 1.54) is 24.5 Å². The molecule has 1 heterocycles. The van der Waals surface area contributed by atoms with Crippen molar-refractivity contribution >= 4 is 34.7 Å². The minimum absolute atomic E-state index is 0.104. The fourth-order valence-electron chi connectivity index (χ4n) is 1.23. The molecular formula is C10H6Cl2FN3O. The number of nitrogens with zero attached hydrogens (tertiary/aromatic N) is 1. The highest BCUT2D eigenvalue weighted by molar-refractivity contribution is 6.33. The molecule has 0 saturated carbocycles. The molecule has 17 heavy (non-hydrogen) atoms. The lowest BCUT2D eigenvalue weighted by Crippen LogP contribution is -2.09. The summed E-state index contributed by atoms with van der Waals surface area (Å²) in [5.41, 5.74) is -0.123. The van der Waals surface area contributed by atoms with Crippen molar-refractivity contribution in [3.8, 4) is 0 Å². The second-order valence-corrected chi connectivity index (χ2v) is 3.99. The van der Waals surface area contributed by atoms with E-state index in [0.717, 1.165) is 0 Å². The van der Waals surface area contributed by atoms with Crippen LogP contribution in [0.4, 0.5) is 15.9 Å². The third kappa shape index (κ3) is 2.75. The van der Waals surface area contributed by atoms with Crippen molar-refractivity contribution in [3.63, 3.8) is 0 Å². The van der Waals surface area contributed by atoms with E-state index in [1.807, 2.05) is 0 Å². The lowest BCUT2D eigenvalue weighted by atomic mass is 10.3. The number of benzene rings is 1. The average Bonchev–Trinajstić information content (AvgIpc) is 2.23. The zero-order valence-corrected chi connectivity index (χ0v) is 9.81. The van der Waals surface area contributed by atoms with Gasteiger partial charge >= 0.3 is 0 Å². The molecule has 0 atom stereocenters. The fourth-order valence-corrected chi connectivity index (χ4v) is 1.61. The summed E-state index contributed by atoms with van der Waals surface area (Å²) in [6.07, 6.45) is 1.19. The average molecular weight is 274 g/mol. The maximum atomic E-state index is 13.1. The second kappa shape index (κ2) is 4.73. The van der Waals surface area contributed by atoms with Crippen LogP contribution >= 0.6 is 23.2 Å². The quantitative estimate of drug-likeness (QED) is 0.885. The van der Waals surface area contributed by atoms with Crippen LogP contribution in [0.15, 0.2) is 29.3 Å². The summed E-state index contributed by atoms with van der Waals surface area (Å²) >= 11 is 11.4. The van der Waals surface area contributed by atoms with Gasteiger partial charge in [-0.25, -0.2) is 9.37 Å². The van der Waals surface area contributed by atoms with Gasteiger partial charge < -0.3 is 10.3 Å². The Morgan fingerprint density at radius 1 is 1.29 bits per heavy atom. The monoisotopic (exact) mass is 273 g/mol. The van der Waals surface area contributed by atoms with E-state index in [9.17, 15) is 9.18 Å². The van der Waals surface area contributed by atoms with E-state index in [2.05, 4.69) is 15.3 Å². The lowest BCUT2D eigenvalue weighted by molar-refractivity contribution is 0.628. The number of hydrogen-bond acceptors (Lipinski definition) is 3. The van der Waals surface area contributed by atoms with Gasteiger partial charge in [-0.05, 0) is 18.2 Å². The highest BCUT2D eigenvalue weighted by Gasteiger charge is 2.07. The number of aromatic nitrogens is 2. The van der Waals surface area contributed by atoms with Crippen LogP contribution in [0.3, 0.4) is 0 Å². The number of aromatic amines is 1. The number of halogens is 3. The zero-order valence-electron chi connectivity index (χ0n) is 8.30. The first-order chi connectivity index (χ1) is 8.06. The molecule has 0 spiro atoms. The van der Waals surface area contributed by atoms with Gasteiger partial charge in [-0.2, -0.15) is 0 Å². The molecule has 7 heteroatoms. The summed E-state index contributed by atoms with van der Waals surface area (Å²) in [7, 11) is 0. The van der Waals surface area contributed by atoms with Gasteiger partial charge in [-0.3, -0.25) is 4.79 Å². The molecule has 0 aliphatic carbocycles. The van der Waals surface area contributed by atoms with Crippen molar-refractivity contribution < 1.29 is 4.39 Å². The summed E-state index contributed by atoms with van der Waals surface area (Å²) in [5.74, 6) is -0.363. The van der Waals surface area contributed by atoms with E-state index in [1.54, 1.807) is 0 Å². The van der Waals surface area contributed by atoms with Crippen LogP contribution in [0.5, 0.6) is 0 Å². The van der Waals surface area contributed by atoms with Crippen molar-refractivity contribution in [2.75, 3.05) is 5.32 Å². The van der Waals surface area contributed by atoms with E-state index in [-0.39, 0.29) is 15.9 Å². The van der Waals surface area contributed by atoms with Crippen molar-refractivity contribution in [1.82, 2.24) is 9.97 Å². The molecule has 2 N–H and O–H groups in total. The largest absolute Gasteiger partial charge is 0.339 e. The van der Waals surface area contributed by atoms with E-state index < -0.39 is 11.4 Å². The van der Waals surface area contributed by atoms with Gasteiger partial charge in [0.1, 0.15) is 10.8 Å². The fraction of sp³-hybridized carbons (Fsp3) is 0. The number of hydrogen-bond donors (Lipinski definition) is 2. The Kier molecular flexibility index (Phi) is 3.31. The van der Waals surface area contributed by atoms with Crippen LogP contribution in [0.2, 0.25) is 10.0 Å². The summed E-state index contributed by atoms with van der Waals surface area (Å²) in [6.45, 7) is 0. The highest BCUT2D eigenvalue weighted by atomic mass is 35.5. The second-order valence-electron chi connectivity index (χ2n) is 3.18. The Labute approximate surface area is 105 Å². The Hall–Kier alpha value is -1.59. The van der Waals surface area contributed by atoms with Gasteiger partial charge in [-0.15, -0.1) is 0 Å². The van der Waals surface area contributed by atoms with Crippen LogP contribution < -0.4 is 10.9 Å². The predicted octanol–water partition coefficient (Wildman–Crippen LogP) is 2.96. The Morgan fingerprint density at radius 3 is 2.76 bits per heavy atom. The summed E-state index contributed by atoms with van der Waals surface area (Å²) in [6, 6.07) is 3.87. The van der Waals surface area contributed by atoms with Crippen LogP contribution in [0.25, 0.3) is 0 Å². The summed E-state index contributed by atoms with van der Waals surface area (Å²) in [4.78, 5) is 17.3. The van der Waals surface area contributed by atoms with Gasteiger partial charge in [0.2, 0.25) is 0 Å². The van der Waals surface area contributed by atoms with Gasteiger partial charge in [0.05, 0.1) is 6.33 Å². The Bertz CT molecular complexity index is 594. The molecule has 0 radical (unpaired) electrons. The maximum absolute atomic E-state index is 13.1. The van der Waals surface area contributed by atoms with Crippen molar-refractivity contribution in [3.05, 3.63) is 50.7 Å². The molecule has 1 aromatic carbocycles. The number of rotatable bonds is 2. The zero-order chi connectivity index (χ0) is 12.4. The normalized spacial score (nSPS) is 10.3. The highest BCUT2D eigenvalue weighted by Crippen LogP contribution is 2.23. The molecule has 88 valence electrons. The van der Waals surface area contributed by atoms with Gasteiger partial charge in [0.25, 0.3) is 5.56 Å². The molecule has 2 rings (SSSR count). The van der Waals surface area contributed by atoms with Crippen LogP contribution in [0, 0.1) is 5.82 Å². The Balaban J connectivity index is 2.38. The molecule has 2 aromatic rings. The third-order valence-electron chi connectivity index (χ3n) is 1.92. The summed E-state index contributed by atoms with van der Waals surface area (Å²) in [5, 5.41) is 2.83. The SMILES string of the molecule is O=c1[nH]cnc(Nc2cc(F)cc(Cl)c2)c1Cl. The molecule has 0 bridgehead atoms. The molecule has 0 fully saturated rings.